The molecular formula is C26H35ClN2O4. The Hall–Kier alpha value is -2.73. The van der Waals surface area contributed by atoms with Crippen LogP contribution in [0.15, 0.2) is 42.5 Å². The molecule has 0 aliphatic heterocycles. The first-order valence-corrected chi connectivity index (χ1v) is 11.4. The summed E-state index contributed by atoms with van der Waals surface area (Å²) in [6.45, 7) is 14.3. The van der Waals surface area contributed by atoms with Crippen molar-refractivity contribution in [3.63, 3.8) is 0 Å². The van der Waals surface area contributed by atoms with Crippen molar-refractivity contribution in [2.45, 2.75) is 66.4 Å². The number of carbonyl (C=O) groups excluding carboxylic acids is 2. The van der Waals surface area contributed by atoms with Gasteiger partial charge < -0.3 is 9.47 Å². The number of amides is 2. The van der Waals surface area contributed by atoms with Crippen LogP contribution in [0.5, 0.6) is 11.5 Å². The van der Waals surface area contributed by atoms with Gasteiger partial charge in [-0.2, -0.15) is 0 Å². The van der Waals surface area contributed by atoms with Gasteiger partial charge in [-0.25, -0.2) is 0 Å². The zero-order chi connectivity index (χ0) is 24.8. The van der Waals surface area contributed by atoms with Crippen LogP contribution in [0.2, 0.25) is 5.02 Å². The molecule has 2 amide bonds. The van der Waals surface area contributed by atoms with Gasteiger partial charge in [-0.15, -0.1) is 0 Å². The third-order valence-corrected chi connectivity index (χ3v) is 5.35. The molecule has 1 atom stereocenters. The Kier molecular flexibility index (Phi) is 8.78. The van der Waals surface area contributed by atoms with Crippen molar-refractivity contribution in [3.05, 3.63) is 58.6 Å². The number of hydrogen-bond donors (Lipinski definition) is 2. The summed E-state index contributed by atoms with van der Waals surface area (Å²) in [6, 6.07) is 12.9. The lowest BCUT2D eigenvalue weighted by molar-refractivity contribution is -0.133. The first kappa shape index (κ1) is 26.5. The van der Waals surface area contributed by atoms with Crippen LogP contribution in [0.1, 0.15) is 59.1 Å². The Morgan fingerprint density at radius 1 is 1.00 bits per heavy atom. The van der Waals surface area contributed by atoms with Crippen LogP contribution in [0, 0.1) is 12.3 Å². The van der Waals surface area contributed by atoms with Crippen molar-refractivity contribution in [1.29, 1.82) is 0 Å². The van der Waals surface area contributed by atoms with Gasteiger partial charge in [0.15, 0.2) is 12.7 Å². The highest BCUT2D eigenvalue weighted by Crippen LogP contribution is 2.36. The van der Waals surface area contributed by atoms with E-state index in [0.29, 0.717) is 16.5 Å². The van der Waals surface area contributed by atoms with Gasteiger partial charge in [0.25, 0.3) is 11.8 Å². The Labute approximate surface area is 202 Å². The van der Waals surface area contributed by atoms with Gasteiger partial charge in [0, 0.05) is 5.02 Å². The number of aryl methyl sites for hydroxylation is 1. The lowest BCUT2D eigenvalue weighted by atomic mass is 9.72. The fraction of sp³-hybridized carbons (Fsp3) is 0.462. The molecule has 6 nitrogen and oxygen atoms in total. The van der Waals surface area contributed by atoms with E-state index < -0.39 is 17.9 Å². The van der Waals surface area contributed by atoms with Crippen LogP contribution < -0.4 is 20.3 Å². The normalized spacial score (nSPS) is 12.6. The lowest BCUT2D eigenvalue weighted by Crippen LogP contribution is -2.48. The van der Waals surface area contributed by atoms with E-state index in [0.717, 1.165) is 12.0 Å². The summed E-state index contributed by atoms with van der Waals surface area (Å²) in [4.78, 5) is 24.3. The third kappa shape index (κ3) is 8.61. The third-order valence-electron chi connectivity index (χ3n) is 5.11. The van der Waals surface area contributed by atoms with Crippen molar-refractivity contribution >= 4 is 23.4 Å². The number of halogens is 1. The molecule has 0 aliphatic carbocycles. The highest BCUT2D eigenvalue weighted by atomic mass is 35.5. The van der Waals surface area contributed by atoms with Crippen molar-refractivity contribution in [2.24, 2.45) is 5.41 Å². The van der Waals surface area contributed by atoms with Crippen molar-refractivity contribution < 1.29 is 19.1 Å². The van der Waals surface area contributed by atoms with Gasteiger partial charge in [-0.3, -0.25) is 20.4 Å². The second-order valence-electron chi connectivity index (χ2n) is 10.1. The van der Waals surface area contributed by atoms with Crippen LogP contribution in [-0.4, -0.2) is 24.5 Å². The summed E-state index contributed by atoms with van der Waals surface area (Å²) >= 11 is 5.93. The SMILES string of the molecule is Cc1cc(Cl)ccc1OC(C)C(=O)NNC(=O)COc1ccc(C(C)(C)CC(C)(C)C)cc1. The van der Waals surface area contributed by atoms with E-state index in [1.165, 1.54) is 5.56 Å². The van der Waals surface area contributed by atoms with Crippen LogP contribution in [0.4, 0.5) is 0 Å². The standard InChI is InChI=1S/C26H35ClN2O4/c1-17-14-20(27)10-13-22(17)33-18(2)24(31)29-28-23(30)15-32-21-11-8-19(9-12-21)26(6,7)16-25(3,4)5/h8-14,18H,15-16H2,1-7H3,(H,28,30)(H,29,31). The number of nitrogens with one attached hydrogen (secondary N) is 2. The topological polar surface area (TPSA) is 76.7 Å². The van der Waals surface area contributed by atoms with Gasteiger partial charge in [0.1, 0.15) is 11.5 Å². The summed E-state index contributed by atoms with van der Waals surface area (Å²) < 4.78 is 11.2. The molecule has 0 fully saturated rings. The first-order valence-electron chi connectivity index (χ1n) is 11.0. The second kappa shape index (κ2) is 10.9. The molecule has 2 aromatic rings. The molecule has 7 heteroatoms. The van der Waals surface area contributed by atoms with E-state index >= 15 is 0 Å². The fourth-order valence-corrected chi connectivity index (χ4v) is 4.06. The van der Waals surface area contributed by atoms with Crippen molar-refractivity contribution in [2.75, 3.05) is 6.61 Å². The summed E-state index contributed by atoms with van der Waals surface area (Å²) in [5.74, 6) is 0.172. The zero-order valence-electron chi connectivity index (χ0n) is 20.5. The van der Waals surface area contributed by atoms with E-state index in [-0.39, 0.29) is 17.4 Å². The Bertz CT molecular complexity index is 965. The molecule has 33 heavy (non-hydrogen) atoms. The van der Waals surface area contributed by atoms with Crippen LogP contribution >= 0.6 is 11.6 Å². The minimum absolute atomic E-state index is 0.0295. The zero-order valence-corrected chi connectivity index (χ0v) is 21.3. The molecule has 0 aromatic heterocycles. The lowest BCUT2D eigenvalue weighted by Gasteiger charge is -2.33. The molecule has 2 N–H and O–H groups in total. The van der Waals surface area contributed by atoms with Gasteiger partial charge in [0.05, 0.1) is 0 Å². The maximum absolute atomic E-state index is 12.2. The summed E-state index contributed by atoms with van der Waals surface area (Å²) in [5.41, 5.74) is 6.97. The molecule has 0 aliphatic rings. The molecule has 180 valence electrons. The molecule has 2 aromatic carbocycles. The molecule has 0 bridgehead atoms. The summed E-state index contributed by atoms with van der Waals surface area (Å²) in [5, 5.41) is 0.590. The minimum atomic E-state index is -0.810. The number of ether oxygens (including phenoxy) is 2. The summed E-state index contributed by atoms with van der Waals surface area (Å²) in [7, 11) is 0. The predicted molar refractivity (Wildman–Crippen MR) is 132 cm³/mol. The quantitative estimate of drug-likeness (QED) is 0.505. The van der Waals surface area contributed by atoms with E-state index in [2.05, 4.69) is 45.5 Å². The number of rotatable bonds is 8. The van der Waals surface area contributed by atoms with Gasteiger partial charge in [-0.05, 0) is 72.6 Å². The Morgan fingerprint density at radius 2 is 1.64 bits per heavy atom. The molecule has 0 saturated heterocycles. The maximum Gasteiger partial charge on any atom is 0.279 e. The number of hydrogen-bond acceptors (Lipinski definition) is 4. The van der Waals surface area contributed by atoms with Gasteiger partial charge in [-0.1, -0.05) is 58.4 Å². The monoisotopic (exact) mass is 474 g/mol. The second-order valence-corrected chi connectivity index (χ2v) is 10.6. The first-order chi connectivity index (χ1) is 15.3. The number of benzene rings is 2. The number of carbonyl (C=O) groups is 2. The number of hydrazine groups is 1. The predicted octanol–water partition coefficient (Wildman–Crippen LogP) is 5.36. The van der Waals surface area contributed by atoms with Crippen molar-refractivity contribution in [1.82, 2.24) is 10.9 Å². The maximum atomic E-state index is 12.2. The van der Waals surface area contributed by atoms with Crippen molar-refractivity contribution in [3.8, 4) is 11.5 Å². The highest BCUT2D eigenvalue weighted by molar-refractivity contribution is 6.30. The highest BCUT2D eigenvalue weighted by Gasteiger charge is 2.27. The average molecular weight is 475 g/mol. The van der Waals surface area contributed by atoms with Crippen LogP contribution in [0.25, 0.3) is 0 Å². The van der Waals surface area contributed by atoms with E-state index in [1.807, 2.05) is 31.2 Å². The molecule has 0 saturated carbocycles. The molecule has 0 radical (unpaired) electrons. The summed E-state index contributed by atoms with van der Waals surface area (Å²) in [6.07, 6.45) is 0.234. The van der Waals surface area contributed by atoms with E-state index in [1.54, 1.807) is 25.1 Å². The molecule has 1 unspecified atom stereocenters. The average Bonchev–Trinajstić information content (AvgIpc) is 2.71. The smallest absolute Gasteiger partial charge is 0.279 e. The van der Waals surface area contributed by atoms with Crippen LogP contribution in [-0.2, 0) is 15.0 Å². The minimum Gasteiger partial charge on any atom is -0.484 e. The molecular weight excluding hydrogens is 440 g/mol. The van der Waals surface area contributed by atoms with E-state index in [9.17, 15) is 9.59 Å². The molecule has 0 spiro atoms. The van der Waals surface area contributed by atoms with Crippen LogP contribution in [0.3, 0.4) is 0 Å². The molecule has 2 rings (SSSR count). The Balaban J connectivity index is 1.80. The fourth-order valence-electron chi connectivity index (χ4n) is 3.84. The van der Waals surface area contributed by atoms with E-state index in [4.69, 9.17) is 21.1 Å². The molecule has 0 heterocycles. The Morgan fingerprint density at radius 3 is 2.21 bits per heavy atom. The largest absolute Gasteiger partial charge is 0.484 e. The van der Waals surface area contributed by atoms with Gasteiger partial charge in [0.2, 0.25) is 0 Å². The van der Waals surface area contributed by atoms with Gasteiger partial charge >= 0.3 is 0 Å².